The number of para-hydroxylation sites is 1. The van der Waals surface area contributed by atoms with Gasteiger partial charge in [0.05, 0.1) is 0 Å². The molecule has 0 aliphatic rings. The highest BCUT2D eigenvalue weighted by atomic mass is 32.2. The van der Waals surface area contributed by atoms with Crippen LogP contribution in [-0.2, 0) is 4.79 Å². The number of nitrogens with zero attached hydrogens (tertiary/aromatic N) is 3. The van der Waals surface area contributed by atoms with Crippen LogP contribution in [0.3, 0.4) is 0 Å². The van der Waals surface area contributed by atoms with Crippen LogP contribution in [0.2, 0.25) is 0 Å². The lowest BCUT2D eigenvalue weighted by atomic mass is 10.1. The fourth-order valence-electron chi connectivity index (χ4n) is 2.95. The summed E-state index contributed by atoms with van der Waals surface area (Å²) in [6.07, 6.45) is 3.47. The maximum atomic E-state index is 11.9. The first-order chi connectivity index (χ1) is 14.2. The van der Waals surface area contributed by atoms with E-state index in [0.29, 0.717) is 6.42 Å². The van der Waals surface area contributed by atoms with Gasteiger partial charge in [0.2, 0.25) is 5.91 Å². The van der Waals surface area contributed by atoms with Gasteiger partial charge in [0.1, 0.15) is 0 Å². The number of rotatable bonds is 10. The number of thioether (sulfide) groups is 1. The van der Waals surface area contributed by atoms with Crippen molar-refractivity contribution in [2.24, 2.45) is 0 Å². The molecule has 0 spiro atoms. The van der Waals surface area contributed by atoms with Crippen molar-refractivity contribution in [1.82, 2.24) is 20.1 Å². The van der Waals surface area contributed by atoms with Crippen molar-refractivity contribution in [3.8, 4) is 17.1 Å². The molecule has 29 heavy (non-hydrogen) atoms. The van der Waals surface area contributed by atoms with Gasteiger partial charge in [-0.15, -0.1) is 10.2 Å². The number of hydrogen-bond donors (Lipinski definition) is 1. The van der Waals surface area contributed by atoms with E-state index >= 15 is 0 Å². The summed E-state index contributed by atoms with van der Waals surface area (Å²) in [7, 11) is 0. The molecule has 6 heteroatoms. The van der Waals surface area contributed by atoms with Crippen LogP contribution in [-0.4, -0.2) is 33.0 Å². The molecule has 152 valence electrons. The van der Waals surface area contributed by atoms with Gasteiger partial charge in [-0.25, -0.2) is 0 Å². The Morgan fingerprint density at radius 1 is 1.03 bits per heavy atom. The van der Waals surface area contributed by atoms with Crippen molar-refractivity contribution >= 4 is 17.7 Å². The van der Waals surface area contributed by atoms with Crippen molar-refractivity contribution < 1.29 is 4.79 Å². The molecule has 2 aromatic carbocycles. The number of nitrogens with one attached hydrogen (secondary N) is 1. The summed E-state index contributed by atoms with van der Waals surface area (Å²) in [6.45, 7) is 4.96. The minimum atomic E-state index is 0.129. The summed E-state index contributed by atoms with van der Waals surface area (Å²) in [6, 6.07) is 18.5. The van der Waals surface area contributed by atoms with Crippen LogP contribution < -0.4 is 5.32 Å². The highest BCUT2D eigenvalue weighted by Gasteiger charge is 2.16. The predicted molar refractivity (Wildman–Crippen MR) is 119 cm³/mol. The average Bonchev–Trinajstić information content (AvgIpc) is 3.16. The standard InChI is InChI=1S/C23H28N4OS/c1-3-4-16-24-21(28)11-8-17-29-23-26-25-22(19-14-12-18(2)13-15-19)27(23)20-9-6-5-7-10-20/h5-7,9-10,12-15H,3-4,8,11,16-17H2,1-2H3,(H,24,28). The summed E-state index contributed by atoms with van der Waals surface area (Å²) in [5, 5.41) is 12.7. The number of amides is 1. The molecule has 3 aromatic rings. The Morgan fingerprint density at radius 2 is 1.79 bits per heavy atom. The highest BCUT2D eigenvalue weighted by Crippen LogP contribution is 2.28. The van der Waals surface area contributed by atoms with Gasteiger partial charge < -0.3 is 5.32 Å². The number of hydrogen-bond acceptors (Lipinski definition) is 4. The van der Waals surface area contributed by atoms with Gasteiger partial charge in [-0.05, 0) is 31.9 Å². The number of carbonyl (C=O) groups is 1. The third-order valence-electron chi connectivity index (χ3n) is 4.59. The number of aromatic nitrogens is 3. The van der Waals surface area contributed by atoms with Crippen LogP contribution in [0.15, 0.2) is 59.8 Å². The Kier molecular flexibility index (Phi) is 7.87. The van der Waals surface area contributed by atoms with Gasteiger partial charge in [-0.3, -0.25) is 9.36 Å². The third-order valence-corrected chi connectivity index (χ3v) is 5.60. The van der Waals surface area contributed by atoms with Gasteiger partial charge in [-0.2, -0.15) is 0 Å². The lowest BCUT2D eigenvalue weighted by Crippen LogP contribution is -2.24. The predicted octanol–water partition coefficient (Wildman–Crippen LogP) is 5.03. The van der Waals surface area contributed by atoms with Gasteiger partial charge in [0, 0.05) is 30.0 Å². The molecule has 1 amide bonds. The van der Waals surface area contributed by atoms with E-state index in [2.05, 4.69) is 70.3 Å². The number of aryl methyl sites for hydroxylation is 1. The maximum absolute atomic E-state index is 11.9. The van der Waals surface area contributed by atoms with Crippen molar-refractivity contribution in [2.75, 3.05) is 12.3 Å². The minimum absolute atomic E-state index is 0.129. The van der Waals surface area contributed by atoms with Crippen LogP contribution in [0.25, 0.3) is 17.1 Å². The van der Waals surface area contributed by atoms with E-state index in [4.69, 9.17) is 0 Å². The van der Waals surface area contributed by atoms with Gasteiger partial charge in [-0.1, -0.05) is 73.1 Å². The van der Waals surface area contributed by atoms with Crippen LogP contribution in [0.5, 0.6) is 0 Å². The minimum Gasteiger partial charge on any atom is -0.356 e. The zero-order valence-electron chi connectivity index (χ0n) is 17.1. The molecule has 3 rings (SSSR count). The Morgan fingerprint density at radius 3 is 2.52 bits per heavy atom. The first-order valence-corrected chi connectivity index (χ1v) is 11.1. The molecule has 1 N–H and O–H groups in total. The summed E-state index contributed by atoms with van der Waals surface area (Å²) in [4.78, 5) is 11.9. The second kappa shape index (κ2) is 10.8. The van der Waals surface area contributed by atoms with Crippen LogP contribution in [0.4, 0.5) is 0 Å². The van der Waals surface area contributed by atoms with E-state index in [-0.39, 0.29) is 5.91 Å². The molecule has 1 heterocycles. The average molecular weight is 409 g/mol. The van der Waals surface area contributed by atoms with Gasteiger partial charge in [0.15, 0.2) is 11.0 Å². The lowest BCUT2D eigenvalue weighted by Gasteiger charge is -2.10. The molecule has 0 atom stereocenters. The number of carbonyl (C=O) groups excluding carboxylic acids is 1. The smallest absolute Gasteiger partial charge is 0.220 e. The number of benzene rings is 2. The van der Waals surface area contributed by atoms with E-state index in [0.717, 1.165) is 53.8 Å². The molecule has 0 bridgehead atoms. The first kappa shape index (κ1) is 21.1. The summed E-state index contributed by atoms with van der Waals surface area (Å²) < 4.78 is 2.09. The van der Waals surface area contributed by atoms with E-state index in [9.17, 15) is 4.79 Å². The molecule has 0 aliphatic carbocycles. The molecule has 1 aromatic heterocycles. The number of unbranched alkanes of at least 4 members (excludes halogenated alkanes) is 1. The topological polar surface area (TPSA) is 59.8 Å². The molecular formula is C23H28N4OS. The molecule has 5 nitrogen and oxygen atoms in total. The Labute approximate surface area is 176 Å². The van der Waals surface area contributed by atoms with Crippen molar-refractivity contribution in [3.63, 3.8) is 0 Å². The second-order valence-corrected chi connectivity index (χ2v) is 8.06. The second-order valence-electron chi connectivity index (χ2n) is 7.00. The fourth-order valence-corrected chi connectivity index (χ4v) is 3.84. The van der Waals surface area contributed by atoms with Crippen molar-refractivity contribution in [3.05, 3.63) is 60.2 Å². The molecule has 0 saturated heterocycles. The van der Waals surface area contributed by atoms with E-state index < -0.39 is 0 Å². The Balaban J connectivity index is 1.70. The Hall–Kier alpha value is -2.60. The summed E-state index contributed by atoms with van der Waals surface area (Å²) in [5.41, 5.74) is 3.29. The summed E-state index contributed by atoms with van der Waals surface area (Å²) >= 11 is 1.64. The molecular weight excluding hydrogens is 380 g/mol. The van der Waals surface area contributed by atoms with Crippen LogP contribution >= 0.6 is 11.8 Å². The van der Waals surface area contributed by atoms with Crippen molar-refractivity contribution in [2.45, 2.75) is 44.7 Å². The van der Waals surface area contributed by atoms with Crippen LogP contribution in [0.1, 0.15) is 38.2 Å². The maximum Gasteiger partial charge on any atom is 0.220 e. The van der Waals surface area contributed by atoms with Crippen molar-refractivity contribution in [1.29, 1.82) is 0 Å². The van der Waals surface area contributed by atoms with Crippen LogP contribution in [0, 0.1) is 6.92 Å². The zero-order chi connectivity index (χ0) is 20.5. The SMILES string of the molecule is CCCCNC(=O)CCCSc1nnc(-c2ccc(C)cc2)n1-c1ccccc1. The van der Waals surface area contributed by atoms with Gasteiger partial charge >= 0.3 is 0 Å². The highest BCUT2D eigenvalue weighted by molar-refractivity contribution is 7.99. The Bertz CT molecular complexity index is 906. The molecule has 0 aliphatic heterocycles. The quantitative estimate of drug-likeness (QED) is 0.377. The van der Waals surface area contributed by atoms with E-state index in [1.165, 1.54) is 5.56 Å². The third kappa shape index (κ3) is 5.94. The largest absolute Gasteiger partial charge is 0.356 e. The zero-order valence-corrected chi connectivity index (χ0v) is 17.9. The lowest BCUT2D eigenvalue weighted by molar-refractivity contribution is -0.121. The normalized spacial score (nSPS) is 10.8. The summed E-state index contributed by atoms with van der Waals surface area (Å²) in [5.74, 6) is 1.78. The monoisotopic (exact) mass is 408 g/mol. The molecule has 0 radical (unpaired) electrons. The molecule has 0 saturated carbocycles. The first-order valence-electron chi connectivity index (χ1n) is 10.2. The molecule has 0 unspecified atom stereocenters. The fraction of sp³-hybridized carbons (Fsp3) is 0.348. The van der Waals surface area contributed by atoms with Gasteiger partial charge in [0.25, 0.3) is 0 Å². The molecule has 0 fully saturated rings. The van der Waals surface area contributed by atoms with E-state index in [1.807, 2.05) is 18.2 Å². The van der Waals surface area contributed by atoms with E-state index in [1.54, 1.807) is 11.8 Å².